The molecule has 1 aromatic carbocycles. The molecule has 0 bridgehead atoms. The van der Waals surface area contributed by atoms with Crippen LogP contribution < -0.4 is 10.6 Å². The summed E-state index contributed by atoms with van der Waals surface area (Å²) in [5, 5.41) is 15.4. The number of carbonyl (C=O) groups excluding carboxylic acids is 1. The van der Waals surface area contributed by atoms with Gasteiger partial charge in [-0.25, -0.2) is 0 Å². The zero-order valence-electron chi connectivity index (χ0n) is 12.9. The highest BCUT2D eigenvalue weighted by Crippen LogP contribution is 2.22. The molecule has 0 aliphatic heterocycles. The highest BCUT2D eigenvalue weighted by molar-refractivity contribution is 5.88. The van der Waals surface area contributed by atoms with Gasteiger partial charge in [-0.3, -0.25) is 4.79 Å². The van der Waals surface area contributed by atoms with Gasteiger partial charge in [0.05, 0.1) is 0 Å². The summed E-state index contributed by atoms with van der Waals surface area (Å²) in [5.41, 5.74) is 2.08. The fraction of sp³-hybridized carbons (Fsp3) is 0.562. The van der Waals surface area contributed by atoms with Gasteiger partial charge in [0.1, 0.15) is 0 Å². The van der Waals surface area contributed by atoms with Crippen LogP contribution >= 0.6 is 0 Å². The third-order valence-electron chi connectivity index (χ3n) is 3.29. The number of nitrogens with one attached hydrogen (secondary N) is 2. The van der Waals surface area contributed by atoms with Crippen LogP contribution in [0.5, 0.6) is 0 Å². The van der Waals surface area contributed by atoms with Gasteiger partial charge in [0.25, 0.3) is 0 Å². The summed E-state index contributed by atoms with van der Waals surface area (Å²) in [7, 11) is 0. The number of aliphatic hydroxyl groups is 1. The van der Waals surface area contributed by atoms with E-state index in [0.29, 0.717) is 0 Å². The summed E-state index contributed by atoms with van der Waals surface area (Å²) in [4.78, 5) is 10.9. The standard InChI is InChI=1S/C16H26N2O2/c1-12(20)18-14-7-5-13(6-8-14)11-17-15(9-10-19)16(2,3)4/h5-8,15,17,19H,9-11H2,1-4H3,(H,18,20). The molecule has 1 amide bonds. The second-order valence-corrected chi connectivity index (χ2v) is 6.19. The smallest absolute Gasteiger partial charge is 0.221 e. The fourth-order valence-corrected chi connectivity index (χ4v) is 2.12. The Morgan fingerprint density at radius 1 is 1.25 bits per heavy atom. The Bertz CT molecular complexity index is 421. The van der Waals surface area contributed by atoms with Crippen LogP contribution in [-0.4, -0.2) is 23.7 Å². The maximum absolute atomic E-state index is 10.9. The van der Waals surface area contributed by atoms with Gasteiger partial charge in [-0.05, 0) is 29.5 Å². The van der Waals surface area contributed by atoms with Crippen LogP contribution in [0.25, 0.3) is 0 Å². The first-order valence-corrected chi connectivity index (χ1v) is 7.03. The normalized spacial score (nSPS) is 13.1. The minimum atomic E-state index is -0.0633. The Kier molecular flexibility index (Phi) is 6.17. The third-order valence-corrected chi connectivity index (χ3v) is 3.29. The van der Waals surface area contributed by atoms with E-state index in [1.54, 1.807) is 0 Å². The van der Waals surface area contributed by atoms with Gasteiger partial charge in [0.2, 0.25) is 5.91 Å². The number of benzene rings is 1. The second-order valence-electron chi connectivity index (χ2n) is 6.19. The van der Waals surface area contributed by atoms with Crippen molar-refractivity contribution in [3.8, 4) is 0 Å². The van der Waals surface area contributed by atoms with Crippen molar-refractivity contribution in [2.45, 2.75) is 46.7 Å². The minimum Gasteiger partial charge on any atom is -0.396 e. The molecule has 112 valence electrons. The van der Waals surface area contributed by atoms with Crippen LogP contribution in [0.15, 0.2) is 24.3 Å². The van der Waals surface area contributed by atoms with E-state index in [1.165, 1.54) is 6.92 Å². The number of anilines is 1. The highest BCUT2D eigenvalue weighted by Gasteiger charge is 2.23. The van der Waals surface area contributed by atoms with Gasteiger partial charge in [0, 0.05) is 31.8 Å². The summed E-state index contributed by atoms with van der Waals surface area (Å²) in [6.45, 7) is 8.94. The van der Waals surface area contributed by atoms with Crippen molar-refractivity contribution >= 4 is 11.6 Å². The molecule has 0 heterocycles. The van der Waals surface area contributed by atoms with Crippen molar-refractivity contribution < 1.29 is 9.90 Å². The molecule has 1 aromatic rings. The number of carbonyl (C=O) groups is 1. The molecule has 0 aromatic heterocycles. The maximum atomic E-state index is 10.9. The van der Waals surface area contributed by atoms with Crippen molar-refractivity contribution in [3.63, 3.8) is 0 Å². The number of aliphatic hydroxyl groups excluding tert-OH is 1. The maximum Gasteiger partial charge on any atom is 0.221 e. The molecule has 4 heteroatoms. The molecule has 3 N–H and O–H groups in total. The van der Waals surface area contributed by atoms with Gasteiger partial charge < -0.3 is 15.7 Å². The van der Waals surface area contributed by atoms with E-state index < -0.39 is 0 Å². The predicted molar refractivity (Wildman–Crippen MR) is 82.5 cm³/mol. The first kappa shape index (κ1) is 16.7. The Hall–Kier alpha value is -1.39. The van der Waals surface area contributed by atoms with E-state index in [2.05, 4.69) is 31.4 Å². The fourth-order valence-electron chi connectivity index (χ4n) is 2.12. The molecule has 0 fully saturated rings. The van der Waals surface area contributed by atoms with E-state index in [1.807, 2.05) is 24.3 Å². The number of hydrogen-bond acceptors (Lipinski definition) is 3. The Morgan fingerprint density at radius 3 is 2.30 bits per heavy atom. The number of amides is 1. The van der Waals surface area contributed by atoms with Crippen LogP contribution in [0.1, 0.15) is 39.7 Å². The monoisotopic (exact) mass is 278 g/mol. The second kappa shape index (κ2) is 7.41. The van der Waals surface area contributed by atoms with E-state index in [0.717, 1.165) is 24.2 Å². The summed E-state index contributed by atoms with van der Waals surface area (Å²) in [5.74, 6) is -0.0633. The van der Waals surface area contributed by atoms with Crippen LogP contribution in [0.2, 0.25) is 0 Å². The van der Waals surface area contributed by atoms with E-state index in [4.69, 9.17) is 5.11 Å². The van der Waals surface area contributed by atoms with Crippen LogP contribution in [0.3, 0.4) is 0 Å². The van der Waals surface area contributed by atoms with E-state index >= 15 is 0 Å². The zero-order valence-corrected chi connectivity index (χ0v) is 12.9. The Balaban J connectivity index is 2.57. The quantitative estimate of drug-likeness (QED) is 0.749. The van der Waals surface area contributed by atoms with Crippen molar-refractivity contribution in [2.24, 2.45) is 5.41 Å². The molecule has 1 atom stereocenters. The van der Waals surface area contributed by atoms with Gasteiger partial charge in [-0.2, -0.15) is 0 Å². The molecule has 0 saturated heterocycles. The van der Waals surface area contributed by atoms with Gasteiger partial charge in [-0.15, -0.1) is 0 Å². The van der Waals surface area contributed by atoms with Crippen molar-refractivity contribution in [3.05, 3.63) is 29.8 Å². The molecule has 20 heavy (non-hydrogen) atoms. The average Bonchev–Trinajstić information content (AvgIpc) is 2.34. The predicted octanol–water partition coefficient (Wildman–Crippen LogP) is 2.53. The van der Waals surface area contributed by atoms with Crippen molar-refractivity contribution in [2.75, 3.05) is 11.9 Å². The zero-order chi connectivity index (χ0) is 15.2. The summed E-state index contributed by atoms with van der Waals surface area (Å²) >= 11 is 0. The topological polar surface area (TPSA) is 61.4 Å². The molecule has 1 unspecified atom stereocenters. The largest absolute Gasteiger partial charge is 0.396 e. The van der Waals surface area contributed by atoms with Gasteiger partial charge in [0.15, 0.2) is 0 Å². The summed E-state index contributed by atoms with van der Waals surface area (Å²) in [6, 6.07) is 8.06. The summed E-state index contributed by atoms with van der Waals surface area (Å²) in [6.07, 6.45) is 0.744. The first-order valence-electron chi connectivity index (χ1n) is 7.03. The lowest BCUT2D eigenvalue weighted by atomic mass is 9.85. The highest BCUT2D eigenvalue weighted by atomic mass is 16.3. The molecule has 0 spiro atoms. The molecule has 0 aliphatic rings. The third kappa shape index (κ3) is 5.72. The molecular formula is C16H26N2O2. The lowest BCUT2D eigenvalue weighted by Gasteiger charge is -2.31. The average molecular weight is 278 g/mol. The molecule has 0 radical (unpaired) electrons. The molecule has 1 rings (SSSR count). The number of hydrogen-bond donors (Lipinski definition) is 3. The van der Waals surface area contributed by atoms with E-state index in [9.17, 15) is 4.79 Å². The SMILES string of the molecule is CC(=O)Nc1ccc(CNC(CCO)C(C)(C)C)cc1. The molecule has 4 nitrogen and oxygen atoms in total. The number of rotatable bonds is 6. The van der Waals surface area contributed by atoms with Crippen molar-refractivity contribution in [1.82, 2.24) is 5.32 Å². The Morgan fingerprint density at radius 2 is 1.85 bits per heavy atom. The molecule has 0 saturated carbocycles. The van der Waals surface area contributed by atoms with Crippen LogP contribution in [0, 0.1) is 5.41 Å². The van der Waals surface area contributed by atoms with Crippen molar-refractivity contribution in [1.29, 1.82) is 0 Å². The lowest BCUT2D eigenvalue weighted by molar-refractivity contribution is -0.114. The van der Waals surface area contributed by atoms with Gasteiger partial charge in [-0.1, -0.05) is 32.9 Å². The van der Waals surface area contributed by atoms with Crippen LogP contribution in [0.4, 0.5) is 5.69 Å². The van der Waals surface area contributed by atoms with Gasteiger partial charge >= 0.3 is 0 Å². The first-order chi connectivity index (χ1) is 9.32. The van der Waals surface area contributed by atoms with Crippen LogP contribution in [-0.2, 0) is 11.3 Å². The minimum absolute atomic E-state index is 0.0633. The Labute approximate surface area is 121 Å². The molecular weight excluding hydrogens is 252 g/mol. The van der Waals surface area contributed by atoms with E-state index in [-0.39, 0.29) is 24.0 Å². The summed E-state index contributed by atoms with van der Waals surface area (Å²) < 4.78 is 0. The molecule has 0 aliphatic carbocycles. The lowest BCUT2D eigenvalue weighted by Crippen LogP contribution is -2.40.